The van der Waals surface area contributed by atoms with Crippen molar-refractivity contribution in [1.29, 1.82) is 0 Å². The van der Waals surface area contributed by atoms with Crippen molar-refractivity contribution in [3.63, 3.8) is 0 Å². The lowest BCUT2D eigenvalue weighted by Gasteiger charge is -2.26. The molecule has 141 heavy (non-hydrogen) atoms. The molecule has 0 bridgehead atoms. The molecule has 9 heteroatoms. The van der Waals surface area contributed by atoms with E-state index in [9.17, 15) is 0 Å². The van der Waals surface area contributed by atoms with E-state index in [1.54, 1.807) is 0 Å². The average Bonchev–Trinajstić information content (AvgIpc) is 1.57. The number of aromatic nitrogens is 5. The van der Waals surface area contributed by atoms with Crippen LogP contribution in [0.1, 0.15) is 0 Å². The molecule has 0 fully saturated rings. The van der Waals surface area contributed by atoms with E-state index in [-0.39, 0.29) is 0 Å². The minimum absolute atomic E-state index is 1.11. The molecule has 27 rings (SSSR count). The molecule has 0 radical (unpaired) electrons. The molecule has 0 aliphatic rings. The number of para-hydroxylation sites is 15. The Kier molecular flexibility index (Phi) is 21.8. The van der Waals surface area contributed by atoms with Crippen LogP contribution in [0.25, 0.3) is 149 Å². The monoisotopic (exact) mass is 1800 g/mol. The molecule has 0 spiro atoms. The Morgan fingerprint density at radius 1 is 0.0993 bits per heavy atom. The fraction of sp³-hybridized carbons (Fsp3) is 0. The first-order valence-corrected chi connectivity index (χ1v) is 48.1. The van der Waals surface area contributed by atoms with E-state index in [2.05, 4.69) is 607 Å². The van der Waals surface area contributed by atoms with Gasteiger partial charge in [-0.1, -0.05) is 285 Å². The molecule has 0 unspecified atom stereocenters. The number of benzene rings is 22. The maximum Gasteiger partial charge on any atom is 0.0542 e. The minimum atomic E-state index is 1.11. The molecule has 0 aliphatic heterocycles. The number of rotatable bonds is 18. The summed E-state index contributed by atoms with van der Waals surface area (Å²) in [5.41, 5.74) is 33.5. The highest BCUT2D eigenvalue weighted by atomic mass is 15.2. The maximum atomic E-state index is 2.40. The lowest BCUT2D eigenvalue weighted by Crippen LogP contribution is -2.09. The van der Waals surface area contributed by atoms with Crippen LogP contribution in [-0.2, 0) is 0 Å². The van der Waals surface area contributed by atoms with Crippen molar-refractivity contribution in [1.82, 2.24) is 22.8 Å². The summed E-state index contributed by atoms with van der Waals surface area (Å²) in [5, 5.41) is 12.3. The predicted octanol–water partition coefficient (Wildman–Crippen LogP) is 36.1. The van der Waals surface area contributed by atoms with Crippen molar-refractivity contribution in [3.8, 4) is 39.6 Å². The highest BCUT2D eigenvalue weighted by molar-refractivity contribution is 6.17. The fourth-order valence-electron chi connectivity index (χ4n) is 21.1. The normalized spacial score (nSPS) is 11.4. The van der Waals surface area contributed by atoms with E-state index in [0.29, 0.717) is 0 Å². The number of nitrogens with zero attached hydrogens (tertiary/aromatic N) is 9. The van der Waals surface area contributed by atoms with Crippen LogP contribution < -0.4 is 19.6 Å². The Morgan fingerprint density at radius 3 is 0.504 bits per heavy atom. The Balaban J connectivity index is 0.000000112. The molecule has 5 heterocycles. The second-order valence-corrected chi connectivity index (χ2v) is 35.6. The van der Waals surface area contributed by atoms with Gasteiger partial charge in [0, 0.05) is 151 Å². The van der Waals surface area contributed by atoms with Gasteiger partial charge in [0.25, 0.3) is 0 Å². The molecule has 0 aliphatic carbocycles. The first-order valence-electron chi connectivity index (χ1n) is 48.1. The van der Waals surface area contributed by atoms with Gasteiger partial charge in [-0.05, 0) is 290 Å². The van der Waals surface area contributed by atoms with Crippen LogP contribution >= 0.6 is 0 Å². The standard InChI is InChI=1S/C48H33N3.C42H29N3.C42H31N3/c1-5-15-36(16-6-1)49(37-17-7-2-8-18-37)40-27-30-48-44(33-40)43-32-35(26-29-47(43)51(48)39-21-11-4-12-22-39)34-25-28-46-42(31-34)41-23-13-14-24-45(41)50(46)38-19-9-3-10-20-38;1-4-14-30(15-5-1)43(31-16-6-2-7-17-31)33-24-26-41-37(28-33)38-29-34(25-27-42(38)44(41)32-18-8-3-9-19-32)45-39-22-12-10-20-35(39)36-21-11-13-23-40(36)45;1-6-16-32(17-7-1)43(33-18-8-2-9-19-33)37-26-28-41-39(30-37)40-31-38(27-29-42(40)45(41)36-24-14-5-15-25-36)44(34-20-10-3-11-21-34)35-22-12-4-13-23-35/h1-33H;1-29H;1-31H. The minimum Gasteiger partial charge on any atom is -0.310 e. The topological polar surface area (TPSA) is 37.6 Å². The molecule has 666 valence electrons. The molecule has 0 saturated heterocycles. The van der Waals surface area contributed by atoms with Gasteiger partial charge in [0.2, 0.25) is 0 Å². The third-order valence-corrected chi connectivity index (χ3v) is 27.3. The van der Waals surface area contributed by atoms with Crippen LogP contribution in [0.4, 0.5) is 68.2 Å². The molecular formula is C132H93N9. The summed E-state index contributed by atoms with van der Waals surface area (Å²) >= 11 is 0. The van der Waals surface area contributed by atoms with Crippen LogP contribution in [0.2, 0.25) is 0 Å². The van der Waals surface area contributed by atoms with Crippen LogP contribution in [0.3, 0.4) is 0 Å². The Hall–Kier alpha value is -19.0. The molecule has 0 atom stereocenters. The van der Waals surface area contributed by atoms with Gasteiger partial charge in [0.05, 0.1) is 55.2 Å². The SMILES string of the molecule is c1ccc(N(c2ccccc2)c2ccc3c(c2)c2cc(-c4ccc5c(c4)c4ccccc4n5-c4ccccc4)ccc2n3-c2ccccc2)cc1.c1ccc(N(c2ccccc2)c2ccc3c(c2)c2cc(-n4c5ccccc5c5ccccc54)ccc2n3-c2ccccc2)cc1.c1ccc(N(c2ccccc2)c2ccc3c(c2)c2cc(N(c4ccccc4)c4ccccc4)ccc2n3-c2ccccc2)cc1. The molecular weight excluding hydrogens is 1710 g/mol. The summed E-state index contributed by atoms with van der Waals surface area (Å²) in [7, 11) is 0. The second kappa shape index (κ2) is 36.7. The van der Waals surface area contributed by atoms with E-state index >= 15 is 0 Å². The number of anilines is 12. The predicted molar refractivity (Wildman–Crippen MR) is 595 cm³/mol. The Labute approximate surface area is 817 Å². The smallest absolute Gasteiger partial charge is 0.0542 e. The number of hydrogen-bond donors (Lipinski definition) is 0. The third kappa shape index (κ3) is 15.5. The van der Waals surface area contributed by atoms with Crippen molar-refractivity contribution in [2.75, 3.05) is 19.6 Å². The molecule has 22 aromatic carbocycles. The van der Waals surface area contributed by atoms with E-state index in [4.69, 9.17) is 0 Å². The van der Waals surface area contributed by atoms with E-state index < -0.39 is 0 Å². The molecule has 0 N–H and O–H groups in total. The van der Waals surface area contributed by atoms with Gasteiger partial charge in [-0.25, -0.2) is 0 Å². The maximum absolute atomic E-state index is 2.40. The van der Waals surface area contributed by atoms with Gasteiger partial charge in [0.1, 0.15) is 0 Å². The van der Waals surface area contributed by atoms with E-state index in [1.807, 2.05) is 0 Å². The summed E-state index contributed by atoms with van der Waals surface area (Å²) in [6.45, 7) is 0. The largest absolute Gasteiger partial charge is 0.310 e. The quantitative estimate of drug-likeness (QED) is 0.0858. The molecule has 0 saturated carbocycles. The summed E-state index contributed by atoms with van der Waals surface area (Å²) in [6.07, 6.45) is 0. The number of hydrogen-bond acceptors (Lipinski definition) is 4. The summed E-state index contributed by atoms with van der Waals surface area (Å²) < 4.78 is 11.9. The van der Waals surface area contributed by atoms with Crippen molar-refractivity contribution in [3.05, 3.63) is 564 Å². The van der Waals surface area contributed by atoms with Gasteiger partial charge < -0.3 is 42.4 Å². The molecule has 9 nitrogen and oxygen atoms in total. The zero-order valence-corrected chi connectivity index (χ0v) is 77.2. The lowest BCUT2D eigenvalue weighted by molar-refractivity contribution is 1.16. The van der Waals surface area contributed by atoms with Crippen LogP contribution in [0.15, 0.2) is 564 Å². The van der Waals surface area contributed by atoms with Crippen LogP contribution in [0.5, 0.6) is 0 Å². The Morgan fingerprint density at radius 2 is 0.262 bits per heavy atom. The molecule has 0 amide bonds. The van der Waals surface area contributed by atoms with Gasteiger partial charge in [-0.2, -0.15) is 0 Å². The summed E-state index contributed by atoms with van der Waals surface area (Å²) in [5.74, 6) is 0. The first kappa shape index (κ1) is 83.8. The van der Waals surface area contributed by atoms with Gasteiger partial charge in [-0.15, -0.1) is 0 Å². The van der Waals surface area contributed by atoms with E-state index in [0.717, 1.165) is 91.0 Å². The van der Waals surface area contributed by atoms with Crippen molar-refractivity contribution in [2.45, 2.75) is 0 Å². The molecule has 27 aromatic rings. The summed E-state index contributed by atoms with van der Waals surface area (Å²) in [6, 6.07) is 202. The second-order valence-electron chi connectivity index (χ2n) is 35.6. The van der Waals surface area contributed by atoms with Gasteiger partial charge in [-0.3, -0.25) is 0 Å². The third-order valence-electron chi connectivity index (χ3n) is 27.3. The highest BCUT2D eigenvalue weighted by Gasteiger charge is 2.26. The van der Waals surface area contributed by atoms with Crippen LogP contribution in [0, 0.1) is 0 Å². The van der Waals surface area contributed by atoms with Crippen molar-refractivity contribution >= 4 is 177 Å². The first-order chi connectivity index (χ1) is 70.0. The zero-order chi connectivity index (χ0) is 93.5. The zero-order valence-electron chi connectivity index (χ0n) is 77.2. The van der Waals surface area contributed by atoms with Crippen molar-refractivity contribution in [2.24, 2.45) is 0 Å². The van der Waals surface area contributed by atoms with Gasteiger partial charge in [0.15, 0.2) is 0 Å². The highest BCUT2D eigenvalue weighted by Crippen LogP contribution is 2.48. The number of fused-ring (bicyclic) bond motifs is 15. The van der Waals surface area contributed by atoms with E-state index in [1.165, 1.54) is 126 Å². The average molecular weight is 1810 g/mol. The van der Waals surface area contributed by atoms with Crippen LogP contribution in [-0.4, -0.2) is 22.8 Å². The Bertz CT molecular complexity index is 8840. The van der Waals surface area contributed by atoms with Gasteiger partial charge >= 0.3 is 0 Å². The van der Waals surface area contributed by atoms with Crippen molar-refractivity contribution < 1.29 is 0 Å². The molecule has 5 aromatic heterocycles. The summed E-state index contributed by atoms with van der Waals surface area (Å²) in [4.78, 5) is 9.33. The fourth-order valence-corrected chi connectivity index (χ4v) is 21.1. The lowest BCUT2D eigenvalue weighted by atomic mass is 10.0.